The summed E-state index contributed by atoms with van der Waals surface area (Å²) < 4.78 is 0. The number of aliphatic hydroxyl groups is 1. The van der Waals surface area contributed by atoms with Crippen LogP contribution in [-0.4, -0.2) is 33.8 Å². The lowest BCUT2D eigenvalue weighted by Gasteiger charge is -2.43. The monoisotopic (exact) mass is 368 g/mol. The molecule has 3 aromatic rings. The number of nitrogens with two attached hydrogens (primary N) is 1. The number of nitrogens with zero attached hydrogens (tertiary/aromatic N) is 2. The second kappa shape index (κ2) is 6.61. The Morgan fingerprint density at radius 3 is 2.65 bits per heavy atom. The van der Waals surface area contributed by atoms with Crippen LogP contribution < -0.4 is 11.1 Å². The van der Waals surface area contributed by atoms with Crippen molar-refractivity contribution >= 4 is 27.4 Å². The summed E-state index contributed by atoms with van der Waals surface area (Å²) in [7, 11) is 0. The lowest BCUT2D eigenvalue weighted by molar-refractivity contribution is -0.0584. The molecule has 0 amide bonds. The largest absolute Gasteiger partial charge is 0.388 e. The van der Waals surface area contributed by atoms with Crippen LogP contribution in [0.25, 0.3) is 21.6 Å². The molecule has 0 saturated heterocycles. The number of hydrogen-bond donors (Lipinski definition) is 3. The first kappa shape index (κ1) is 17.4. The van der Waals surface area contributed by atoms with E-state index in [1.165, 1.54) is 10.4 Å². The molecule has 1 saturated carbocycles. The van der Waals surface area contributed by atoms with Crippen molar-refractivity contribution in [1.29, 1.82) is 0 Å². The smallest absolute Gasteiger partial charge is 0.163 e. The normalized spacial score (nSPS) is 22.4. The second-order valence-electron chi connectivity index (χ2n) is 7.31. The molecule has 2 heterocycles. The van der Waals surface area contributed by atoms with Crippen molar-refractivity contribution < 1.29 is 5.11 Å². The van der Waals surface area contributed by atoms with Crippen LogP contribution in [0.4, 0.5) is 5.82 Å². The molecule has 1 aliphatic carbocycles. The van der Waals surface area contributed by atoms with Crippen LogP contribution in [0, 0.1) is 19.8 Å². The third-order valence-corrected chi connectivity index (χ3v) is 6.42. The molecule has 1 fully saturated rings. The number of thiophene rings is 1. The second-order valence-corrected chi connectivity index (χ2v) is 8.52. The van der Waals surface area contributed by atoms with Crippen molar-refractivity contribution in [3.63, 3.8) is 0 Å². The van der Waals surface area contributed by atoms with Gasteiger partial charge in [0.15, 0.2) is 5.82 Å². The lowest BCUT2D eigenvalue weighted by Crippen LogP contribution is -2.51. The number of fused-ring (bicyclic) bond motifs is 1. The van der Waals surface area contributed by atoms with E-state index in [2.05, 4.69) is 19.2 Å². The van der Waals surface area contributed by atoms with Gasteiger partial charge >= 0.3 is 0 Å². The van der Waals surface area contributed by atoms with Gasteiger partial charge in [-0.2, -0.15) is 0 Å². The number of rotatable bonds is 5. The maximum Gasteiger partial charge on any atom is 0.163 e. The van der Waals surface area contributed by atoms with Crippen LogP contribution in [0.2, 0.25) is 0 Å². The van der Waals surface area contributed by atoms with Gasteiger partial charge in [0, 0.05) is 17.0 Å². The Morgan fingerprint density at radius 1 is 1.23 bits per heavy atom. The molecule has 0 aliphatic heterocycles. The van der Waals surface area contributed by atoms with E-state index >= 15 is 0 Å². The van der Waals surface area contributed by atoms with E-state index in [-0.39, 0.29) is 0 Å². The van der Waals surface area contributed by atoms with Crippen molar-refractivity contribution in [1.82, 2.24) is 9.97 Å². The van der Waals surface area contributed by atoms with E-state index in [9.17, 15) is 5.11 Å². The van der Waals surface area contributed by atoms with Gasteiger partial charge < -0.3 is 16.2 Å². The Hall–Kier alpha value is -2.02. The maximum atomic E-state index is 10.6. The highest BCUT2D eigenvalue weighted by Crippen LogP contribution is 2.39. The van der Waals surface area contributed by atoms with Crippen molar-refractivity contribution in [2.24, 2.45) is 11.7 Å². The molecule has 2 aromatic heterocycles. The summed E-state index contributed by atoms with van der Waals surface area (Å²) in [6.45, 7) is 5.34. The molecule has 0 unspecified atom stereocenters. The SMILES string of the molecule is Cc1sc2nc(-c3ccccc3)nc(NCC3(O)CC(CN)C3)c2c1C. The molecular weight excluding hydrogens is 344 g/mol. The van der Waals surface area contributed by atoms with E-state index in [0.717, 1.165) is 34.4 Å². The highest BCUT2D eigenvalue weighted by atomic mass is 32.1. The molecule has 26 heavy (non-hydrogen) atoms. The van der Waals surface area contributed by atoms with Gasteiger partial charge in [-0.3, -0.25) is 0 Å². The van der Waals surface area contributed by atoms with Gasteiger partial charge in [0.1, 0.15) is 10.6 Å². The molecule has 0 radical (unpaired) electrons. The molecule has 4 N–H and O–H groups in total. The average Bonchev–Trinajstić information content (AvgIpc) is 2.92. The van der Waals surface area contributed by atoms with Gasteiger partial charge in [0.2, 0.25) is 0 Å². The van der Waals surface area contributed by atoms with Crippen molar-refractivity contribution in [2.45, 2.75) is 32.3 Å². The summed E-state index contributed by atoms with van der Waals surface area (Å²) in [6.07, 6.45) is 1.50. The van der Waals surface area contributed by atoms with Crippen molar-refractivity contribution in [3.8, 4) is 11.4 Å². The zero-order valence-corrected chi connectivity index (χ0v) is 15.9. The van der Waals surface area contributed by atoms with Gasteiger partial charge in [0.05, 0.1) is 11.0 Å². The number of aryl methyl sites for hydroxylation is 2. The zero-order chi connectivity index (χ0) is 18.3. The summed E-state index contributed by atoms with van der Waals surface area (Å²) in [4.78, 5) is 11.8. The van der Waals surface area contributed by atoms with Crippen LogP contribution in [0.5, 0.6) is 0 Å². The van der Waals surface area contributed by atoms with Gasteiger partial charge in [-0.05, 0) is 44.7 Å². The summed E-state index contributed by atoms with van der Waals surface area (Å²) in [5.74, 6) is 1.94. The minimum Gasteiger partial charge on any atom is -0.388 e. The fourth-order valence-electron chi connectivity index (χ4n) is 3.67. The third-order valence-electron chi connectivity index (χ3n) is 5.32. The van der Waals surface area contributed by atoms with E-state index in [0.29, 0.717) is 24.8 Å². The predicted molar refractivity (Wildman–Crippen MR) is 108 cm³/mol. The first-order valence-electron chi connectivity index (χ1n) is 8.98. The van der Waals surface area contributed by atoms with Crippen LogP contribution in [-0.2, 0) is 0 Å². The predicted octanol–water partition coefficient (Wildman–Crippen LogP) is 3.49. The Morgan fingerprint density at radius 2 is 1.96 bits per heavy atom. The van der Waals surface area contributed by atoms with Crippen molar-refractivity contribution in [2.75, 3.05) is 18.4 Å². The fourth-order valence-corrected chi connectivity index (χ4v) is 4.70. The Balaban J connectivity index is 1.70. The number of hydrogen-bond acceptors (Lipinski definition) is 6. The van der Waals surface area contributed by atoms with Crippen LogP contribution in [0.15, 0.2) is 30.3 Å². The van der Waals surface area contributed by atoms with E-state index in [1.54, 1.807) is 11.3 Å². The topological polar surface area (TPSA) is 84.1 Å². The summed E-state index contributed by atoms with van der Waals surface area (Å²) in [6, 6.07) is 10.0. The third kappa shape index (κ3) is 3.09. The van der Waals surface area contributed by atoms with E-state index in [1.807, 2.05) is 30.3 Å². The van der Waals surface area contributed by atoms with E-state index < -0.39 is 5.60 Å². The summed E-state index contributed by atoms with van der Waals surface area (Å²) >= 11 is 1.69. The number of benzene rings is 1. The zero-order valence-electron chi connectivity index (χ0n) is 15.1. The van der Waals surface area contributed by atoms with Gasteiger partial charge in [-0.25, -0.2) is 9.97 Å². The molecule has 0 atom stereocenters. The van der Waals surface area contributed by atoms with Gasteiger partial charge in [-0.15, -0.1) is 11.3 Å². The van der Waals surface area contributed by atoms with Crippen LogP contribution >= 0.6 is 11.3 Å². The molecule has 6 heteroatoms. The first-order chi connectivity index (χ1) is 12.5. The van der Waals surface area contributed by atoms with Gasteiger partial charge in [-0.1, -0.05) is 30.3 Å². The number of nitrogens with one attached hydrogen (secondary N) is 1. The Bertz CT molecular complexity index is 932. The van der Waals surface area contributed by atoms with Crippen LogP contribution in [0.3, 0.4) is 0 Å². The minimum atomic E-state index is -0.687. The summed E-state index contributed by atoms with van der Waals surface area (Å²) in [5, 5.41) is 15.1. The highest BCUT2D eigenvalue weighted by Gasteiger charge is 2.41. The Labute approximate surface area is 157 Å². The van der Waals surface area contributed by atoms with Gasteiger partial charge in [0.25, 0.3) is 0 Å². The molecule has 4 rings (SSSR count). The standard InChI is InChI=1S/C20H24N4OS/c1-12-13(2)26-19-16(12)18(22-11-20(25)8-14(9-20)10-21)23-17(24-19)15-6-4-3-5-7-15/h3-7,14,25H,8-11,21H2,1-2H3,(H,22,23,24). The lowest BCUT2D eigenvalue weighted by atomic mass is 9.71. The molecule has 1 aromatic carbocycles. The molecule has 0 bridgehead atoms. The highest BCUT2D eigenvalue weighted by molar-refractivity contribution is 7.18. The maximum absolute atomic E-state index is 10.6. The van der Waals surface area contributed by atoms with E-state index in [4.69, 9.17) is 15.7 Å². The summed E-state index contributed by atoms with van der Waals surface area (Å²) in [5.41, 5.74) is 7.20. The van der Waals surface area contributed by atoms with Crippen molar-refractivity contribution in [3.05, 3.63) is 40.8 Å². The fraction of sp³-hybridized carbons (Fsp3) is 0.400. The number of aromatic nitrogens is 2. The Kier molecular flexibility index (Phi) is 4.42. The molecule has 1 aliphatic rings. The minimum absolute atomic E-state index is 0.428. The molecule has 0 spiro atoms. The molecule has 136 valence electrons. The van der Waals surface area contributed by atoms with Crippen LogP contribution in [0.1, 0.15) is 23.3 Å². The average molecular weight is 369 g/mol. The molecule has 5 nitrogen and oxygen atoms in total. The number of anilines is 1. The quantitative estimate of drug-likeness (QED) is 0.642. The molecular formula is C20H24N4OS. The first-order valence-corrected chi connectivity index (χ1v) is 9.80.